The molecule has 19 heavy (non-hydrogen) atoms. The lowest BCUT2D eigenvalue weighted by Crippen LogP contribution is -2.40. The number of nitrogens with one attached hydrogen (secondary N) is 1. The fourth-order valence-corrected chi connectivity index (χ4v) is 2.59. The number of amides is 1. The SMILES string of the molecule is CCN1CCC[C@@H]1CNC(=O)c1cccc(C#N)c1. The molecule has 0 radical (unpaired) electrons. The third kappa shape index (κ3) is 3.33. The second-order valence-corrected chi connectivity index (χ2v) is 4.83. The van der Waals surface area contributed by atoms with Crippen molar-refractivity contribution < 1.29 is 4.79 Å². The lowest BCUT2D eigenvalue weighted by molar-refractivity contribution is 0.0941. The molecule has 0 bridgehead atoms. The summed E-state index contributed by atoms with van der Waals surface area (Å²) in [6.07, 6.45) is 2.35. The van der Waals surface area contributed by atoms with Crippen molar-refractivity contribution in [1.82, 2.24) is 10.2 Å². The fraction of sp³-hybridized carbons (Fsp3) is 0.467. The van der Waals surface area contributed by atoms with Gasteiger partial charge in [0.15, 0.2) is 0 Å². The molecule has 0 saturated carbocycles. The van der Waals surface area contributed by atoms with Gasteiger partial charge in [-0.25, -0.2) is 0 Å². The summed E-state index contributed by atoms with van der Waals surface area (Å²) in [6.45, 7) is 4.99. The van der Waals surface area contributed by atoms with Crippen LogP contribution in [0.15, 0.2) is 24.3 Å². The van der Waals surface area contributed by atoms with E-state index >= 15 is 0 Å². The molecule has 100 valence electrons. The van der Waals surface area contributed by atoms with Gasteiger partial charge < -0.3 is 5.32 Å². The Kier molecular flexibility index (Phi) is 4.53. The first-order valence-electron chi connectivity index (χ1n) is 6.77. The van der Waals surface area contributed by atoms with Crippen molar-refractivity contribution in [2.24, 2.45) is 0 Å². The summed E-state index contributed by atoms with van der Waals surface area (Å²) in [6, 6.07) is 9.30. The van der Waals surface area contributed by atoms with Gasteiger partial charge in [-0.2, -0.15) is 5.26 Å². The van der Waals surface area contributed by atoms with Crippen LogP contribution >= 0.6 is 0 Å². The molecule has 1 aromatic carbocycles. The standard InChI is InChI=1S/C15H19N3O/c1-2-18-8-4-7-14(18)11-17-15(19)13-6-3-5-12(9-13)10-16/h3,5-6,9,14H,2,4,7-8,11H2,1H3,(H,17,19)/t14-/m1/s1. The lowest BCUT2D eigenvalue weighted by Gasteiger charge is -2.22. The van der Waals surface area contributed by atoms with Crippen molar-refractivity contribution in [3.8, 4) is 6.07 Å². The summed E-state index contributed by atoms with van der Waals surface area (Å²) in [5.41, 5.74) is 1.07. The highest BCUT2D eigenvalue weighted by Gasteiger charge is 2.23. The average molecular weight is 257 g/mol. The Labute approximate surface area is 114 Å². The minimum atomic E-state index is -0.0972. The lowest BCUT2D eigenvalue weighted by atomic mass is 10.1. The highest BCUT2D eigenvalue weighted by Crippen LogP contribution is 2.15. The maximum Gasteiger partial charge on any atom is 0.251 e. The van der Waals surface area contributed by atoms with Crippen LogP contribution < -0.4 is 5.32 Å². The third-order valence-electron chi connectivity index (χ3n) is 3.66. The topological polar surface area (TPSA) is 56.1 Å². The number of nitrogens with zero attached hydrogens (tertiary/aromatic N) is 2. The maximum atomic E-state index is 12.0. The van der Waals surface area contributed by atoms with Crippen molar-refractivity contribution in [3.05, 3.63) is 35.4 Å². The van der Waals surface area contributed by atoms with Gasteiger partial charge in [0.05, 0.1) is 11.6 Å². The molecular formula is C15H19N3O. The minimum absolute atomic E-state index is 0.0972. The minimum Gasteiger partial charge on any atom is -0.350 e. The number of hydrogen-bond acceptors (Lipinski definition) is 3. The number of hydrogen-bond donors (Lipinski definition) is 1. The predicted octanol–water partition coefficient (Wildman–Crippen LogP) is 1.77. The van der Waals surface area contributed by atoms with Crippen LogP contribution in [0.4, 0.5) is 0 Å². The van der Waals surface area contributed by atoms with E-state index in [1.165, 1.54) is 6.42 Å². The Hall–Kier alpha value is -1.86. The van der Waals surface area contributed by atoms with Crippen LogP contribution in [-0.2, 0) is 0 Å². The molecule has 1 heterocycles. The normalized spacial score (nSPS) is 19.1. The van der Waals surface area contributed by atoms with Crippen molar-refractivity contribution in [3.63, 3.8) is 0 Å². The number of likely N-dealkylation sites (tertiary alicyclic amines) is 1. The number of rotatable bonds is 4. The molecule has 2 rings (SSSR count). The first kappa shape index (κ1) is 13.6. The van der Waals surface area contributed by atoms with Crippen LogP contribution in [0.2, 0.25) is 0 Å². The molecule has 0 aliphatic carbocycles. The van der Waals surface area contributed by atoms with Crippen LogP contribution in [0.1, 0.15) is 35.7 Å². The molecule has 1 saturated heterocycles. The molecule has 0 unspecified atom stereocenters. The summed E-state index contributed by atoms with van der Waals surface area (Å²) in [5, 5.41) is 11.8. The molecule has 1 aliphatic rings. The van der Waals surface area contributed by atoms with Gasteiger partial charge >= 0.3 is 0 Å². The van der Waals surface area contributed by atoms with Gasteiger partial charge in [-0.05, 0) is 44.1 Å². The van der Waals surface area contributed by atoms with E-state index in [-0.39, 0.29) is 5.91 Å². The Balaban J connectivity index is 1.92. The van der Waals surface area contributed by atoms with Crippen molar-refractivity contribution in [2.75, 3.05) is 19.6 Å². The molecule has 1 atom stereocenters. The Bertz CT molecular complexity index is 492. The van der Waals surface area contributed by atoms with E-state index in [2.05, 4.69) is 17.1 Å². The van der Waals surface area contributed by atoms with E-state index < -0.39 is 0 Å². The van der Waals surface area contributed by atoms with Gasteiger partial charge in [0.25, 0.3) is 5.91 Å². The summed E-state index contributed by atoms with van der Waals surface area (Å²) in [7, 11) is 0. The van der Waals surface area contributed by atoms with Gasteiger partial charge in [0, 0.05) is 18.2 Å². The Morgan fingerprint density at radius 1 is 1.58 bits per heavy atom. The zero-order valence-electron chi connectivity index (χ0n) is 11.2. The van der Waals surface area contributed by atoms with Gasteiger partial charge in [0.2, 0.25) is 0 Å². The van der Waals surface area contributed by atoms with E-state index in [4.69, 9.17) is 5.26 Å². The van der Waals surface area contributed by atoms with Crippen LogP contribution in [0.25, 0.3) is 0 Å². The van der Waals surface area contributed by atoms with Gasteiger partial charge in [-0.15, -0.1) is 0 Å². The van der Waals surface area contributed by atoms with E-state index in [0.717, 1.165) is 19.5 Å². The zero-order valence-corrected chi connectivity index (χ0v) is 11.2. The molecule has 1 N–H and O–H groups in total. The molecule has 0 spiro atoms. The number of benzene rings is 1. The van der Waals surface area contributed by atoms with Crippen molar-refractivity contribution in [2.45, 2.75) is 25.8 Å². The summed E-state index contributed by atoms with van der Waals surface area (Å²) >= 11 is 0. The third-order valence-corrected chi connectivity index (χ3v) is 3.66. The molecule has 4 nitrogen and oxygen atoms in total. The van der Waals surface area contributed by atoms with Crippen LogP contribution in [-0.4, -0.2) is 36.5 Å². The van der Waals surface area contributed by atoms with Gasteiger partial charge in [-0.1, -0.05) is 13.0 Å². The van der Waals surface area contributed by atoms with Crippen LogP contribution in [0, 0.1) is 11.3 Å². The zero-order chi connectivity index (χ0) is 13.7. The quantitative estimate of drug-likeness (QED) is 0.894. The molecule has 1 fully saturated rings. The first-order valence-corrected chi connectivity index (χ1v) is 6.77. The van der Waals surface area contributed by atoms with Crippen LogP contribution in [0.3, 0.4) is 0 Å². The fourth-order valence-electron chi connectivity index (χ4n) is 2.59. The summed E-state index contributed by atoms with van der Waals surface area (Å²) in [5.74, 6) is -0.0972. The molecule has 1 aliphatic heterocycles. The average Bonchev–Trinajstić information content (AvgIpc) is 2.92. The first-order chi connectivity index (χ1) is 9.24. The molecular weight excluding hydrogens is 238 g/mol. The van der Waals surface area contributed by atoms with E-state index in [0.29, 0.717) is 23.7 Å². The molecule has 0 aromatic heterocycles. The molecule has 1 amide bonds. The highest BCUT2D eigenvalue weighted by atomic mass is 16.1. The van der Waals surface area contributed by atoms with E-state index in [1.54, 1.807) is 24.3 Å². The van der Waals surface area contributed by atoms with Crippen molar-refractivity contribution >= 4 is 5.91 Å². The largest absolute Gasteiger partial charge is 0.350 e. The van der Waals surface area contributed by atoms with Crippen molar-refractivity contribution in [1.29, 1.82) is 5.26 Å². The summed E-state index contributed by atoms with van der Waals surface area (Å²) < 4.78 is 0. The summed E-state index contributed by atoms with van der Waals surface area (Å²) in [4.78, 5) is 14.4. The van der Waals surface area contributed by atoms with Gasteiger partial charge in [-0.3, -0.25) is 9.69 Å². The van der Waals surface area contributed by atoms with E-state index in [1.807, 2.05) is 6.07 Å². The van der Waals surface area contributed by atoms with Gasteiger partial charge in [0.1, 0.15) is 0 Å². The smallest absolute Gasteiger partial charge is 0.251 e. The maximum absolute atomic E-state index is 12.0. The molecule has 4 heteroatoms. The second-order valence-electron chi connectivity index (χ2n) is 4.83. The van der Waals surface area contributed by atoms with Crippen LogP contribution in [0.5, 0.6) is 0 Å². The monoisotopic (exact) mass is 257 g/mol. The second kappa shape index (κ2) is 6.35. The Morgan fingerprint density at radius 2 is 2.42 bits per heavy atom. The number of likely N-dealkylation sites (N-methyl/N-ethyl adjacent to an activating group) is 1. The van der Waals surface area contributed by atoms with E-state index in [9.17, 15) is 4.79 Å². The molecule has 1 aromatic rings. The predicted molar refractivity (Wildman–Crippen MR) is 73.8 cm³/mol. The number of nitriles is 1. The highest BCUT2D eigenvalue weighted by molar-refractivity contribution is 5.94. The number of carbonyl (C=O) groups is 1. The number of carbonyl (C=O) groups excluding carboxylic acids is 1. The Morgan fingerprint density at radius 3 is 3.16 bits per heavy atom.